The molecule has 3 aromatic rings. The normalized spacial score (nSPS) is 11.2. The fourth-order valence-corrected chi connectivity index (χ4v) is 1.51. The highest BCUT2D eigenvalue weighted by Gasteiger charge is 2.01. The summed E-state index contributed by atoms with van der Waals surface area (Å²) in [6.45, 7) is 0. The first-order chi connectivity index (χ1) is 6.83. The number of rotatable bonds is 0. The second kappa shape index (κ2) is 2.51. The van der Waals surface area contributed by atoms with E-state index in [1.807, 2.05) is 6.07 Å². The van der Waals surface area contributed by atoms with Crippen molar-refractivity contribution >= 4 is 21.9 Å². The Labute approximate surface area is 78.6 Å². The number of pyridine rings is 1. The fourth-order valence-electron chi connectivity index (χ4n) is 1.51. The first-order valence-corrected chi connectivity index (χ1v) is 4.22. The van der Waals surface area contributed by atoms with Crippen LogP contribution in [0.3, 0.4) is 0 Å². The van der Waals surface area contributed by atoms with Gasteiger partial charge in [0.1, 0.15) is 5.82 Å². The van der Waals surface area contributed by atoms with Gasteiger partial charge in [0.15, 0.2) is 5.65 Å². The summed E-state index contributed by atoms with van der Waals surface area (Å²) in [6.07, 6.45) is 1.67. The molecule has 0 aliphatic rings. The van der Waals surface area contributed by atoms with E-state index in [-0.39, 0.29) is 5.82 Å². The predicted octanol–water partition coefficient (Wildman–Crippen LogP) is 2.25. The van der Waals surface area contributed by atoms with Crippen molar-refractivity contribution in [1.29, 1.82) is 0 Å². The zero-order chi connectivity index (χ0) is 9.54. The topological polar surface area (TPSA) is 41.6 Å². The number of H-pyrrole nitrogens is 1. The number of aromatic amines is 1. The fraction of sp³-hybridized carbons (Fsp3) is 0. The summed E-state index contributed by atoms with van der Waals surface area (Å²) in [5.74, 6) is -0.248. The van der Waals surface area contributed by atoms with Gasteiger partial charge in [-0.2, -0.15) is 5.10 Å². The van der Waals surface area contributed by atoms with Crippen LogP contribution in [0, 0.1) is 5.82 Å². The van der Waals surface area contributed by atoms with Crippen LogP contribution in [-0.2, 0) is 0 Å². The minimum absolute atomic E-state index is 0.248. The molecular formula is C10H6FN3. The van der Waals surface area contributed by atoms with Crippen molar-refractivity contribution in [2.45, 2.75) is 0 Å². The zero-order valence-corrected chi connectivity index (χ0v) is 7.16. The highest BCUT2D eigenvalue weighted by Crippen LogP contribution is 2.18. The highest BCUT2D eigenvalue weighted by molar-refractivity contribution is 5.90. The lowest BCUT2D eigenvalue weighted by molar-refractivity contribution is 0.629. The van der Waals surface area contributed by atoms with E-state index in [9.17, 15) is 4.39 Å². The summed E-state index contributed by atoms with van der Waals surface area (Å²) in [7, 11) is 0. The lowest BCUT2D eigenvalue weighted by atomic mass is 10.2. The number of aromatic nitrogens is 3. The summed E-state index contributed by atoms with van der Waals surface area (Å²) < 4.78 is 12.9. The van der Waals surface area contributed by atoms with Crippen LogP contribution in [-0.4, -0.2) is 15.2 Å². The summed E-state index contributed by atoms with van der Waals surface area (Å²) in [5, 5.41) is 8.32. The van der Waals surface area contributed by atoms with Crippen LogP contribution < -0.4 is 0 Å². The van der Waals surface area contributed by atoms with Crippen molar-refractivity contribution in [2.24, 2.45) is 0 Å². The van der Waals surface area contributed by atoms with Gasteiger partial charge in [-0.25, -0.2) is 9.37 Å². The van der Waals surface area contributed by atoms with Crippen LogP contribution in [0.25, 0.3) is 21.9 Å². The van der Waals surface area contributed by atoms with Gasteiger partial charge in [0.05, 0.1) is 11.7 Å². The molecule has 2 heterocycles. The van der Waals surface area contributed by atoms with Crippen LogP contribution in [0.1, 0.15) is 0 Å². The molecule has 3 rings (SSSR count). The van der Waals surface area contributed by atoms with Gasteiger partial charge in [0, 0.05) is 10.8 Å². The Hall–Kier alpha value is -1.97. The largest absolute Gasteiger partial charge is 0.261 e. The molecule has 1 aromatic carbocycles. The number of hydrogen-bond donors (Lipinski definition) is 1. The molecular weight excluding hydrogens is 181 g/mol. The Kier molecular flexibility index (Phi) is 1.33. The van der Waals surface area contributed by atoms with Crippen molar-refractivity contribution in [3.63, 3.8) is 0 Å². The molecule has 0 amide bonds. The molecule has 2 aromatic heterocycles. The molecule has 0 radical (unpaired) electrons. The molecule has 0 spiro atoms. The molecule has 0 unspecified atom stereocenters. The minimum Gasteiger partial charge on any atom is -0.261 e. The molecule has 0 saturated heterocycles. The minimum atomic E-state index is -0.248. The molecule has 68 valence electrons. The van der Waals surface area contributed by atoms with E-state index in [4.69, 9.17) is 0 Å². The zero-order valence-electron chi connectivity index (χ0n) is 7.16. The Bertz CT molecular complexity index is 615. The number of hydrogen-bond acceptors (Lipinski definition) is 2. The van der Waals surface area contributed by atoms with E-state index >= 15 is 0 Å². The molecule has 0 aliphatic carbocycles. The first kappa shape index (κ1) is 7.44. The van der Waals surface area contributed by atoms with E-state index in [1.165, 1.54) is 12.1 Å². The summed E-state index contributed by atoms with van der Waals surface area (Å²) >= 11 is 0. The van der Waals surface area contributed by atoms with Gasteiger partial charge in [-0.1, -0.05) is 0 Å². The van der Waals surface area contributed by atoms with E-state index < -0.39 is 0 Å². The third-order valence-corrected chi connectivity index (χ3v) is 2.18. The van der Waals surface area contributed by atoms with E-state index in [2.05, 4.69) is 15.2 Å². The standard InChI is InChI=1S/C10H6FN3/c11-8-1-2-9-6(4-8)3-7-5-12-14-10(7)13-9/h1-5H,(H,12,13,14). The van der Waals surface area contributed by atoms with Gasteiger partial charge in [0.25, 0.3) is 0 Å². The average Bonchev–Trinajstić information content (AvgIpc) is 2.61. The third-order valence-electron chi connectivity index (χ3n) is 2.18. The van der Waals surface area contributed by atoms with Gasteiger partial charge < -0.3 is 0 Å². The number of fused-ring (bicyclic) bond motifs is 2. The smallest absolute Gasteiger partial charge is 0.155 e. The lowest BCUT2D eigenvalue weighted by Crippen LogP contribution is -1.82. The van der Waals surface area contributed by atoms with Gasteiger partial charge in [-0.15, -0.1) is 0 Å². The van der Waals surface area contributed by atoms with E-state index in [0.717, 1.165) is 21.9 Å². The Balaban J connectivity index is 2.50. The van der Waals surface area contributed by atoms with Gasteiger partial charge in [-0.05, 0) is 24.3 Å². The molecule has 14 heavy (non-hydrogen) atoms. The van der Waals surface area contributed by atoms with Crippen molar-refractivity contribution in [3.05, 3.63) is 36.3 Å². The van der Waals surface area contributed by atoms with Gasteiger partial charge in [0.2, 0.25) is 0 Å². The number of nitrogens with one attached hydrogen (secondary N) is 1. The second-order valence-electron chi connectivity index (χ2n) is 3.13. The van der Waals surface area contributed by atoms with Crippen LogP contribution in [0.2, 0.25) is 0 Å². The molecule has 0 aliphatic heterocycles. The summed E-state index contributed by atoms with van der Waals surface area (Å²) in [4.78, 5) is 4.29. The quantitative estimate of drug-likeness (QED) is 0.586. The highest BCUT2D eigenvalue weighted by atomic mass is 19.1. The van der Waals surface area contributed by atoms with Crippen LogP contribution in [0.15, 0.2) is 30.5 Å². The first-order valence-electron chi connectivity index (χ1n) is 4.22. The monoisotopic (exact) mass is 187 g/mol. The molecule has 0 saturated carbocycles. The number of benzene rings is 1. The molecule has 4 heteroatoms. The molecule has 0 atom stereocenters. The molecule has 3 nitrogen and oxygen atoms in total. The Morgan fingerprint density at radius 3 is 3.00 bits per heavy atom. The predicted molar refractivity (Wildman–Crippen MR) is 51.4 cm³/mol. The molecule has 0 bridgehead atoms. The second-order valence-corrected chi connectivity index (χ2v) is 3.13. The maximum absolute atomic E-state index is 12.9. The van der Waals surface area contributed by atoms with E-state index in [1.54, 1.807) is 12.3 Å². The number of nitrogens with zero attached hydrogens (tertiary/aromatic N) is 2. The summed E-state index contributed by atoms with van der Waals surface area (Å²) in [6, 6.07) is 6.39. The Morgan fingerprint density at radius 2 is 2.07 bits per heavy atom. The van der Waals surface area contributed by atoms with Crippen LogP contribution in [0.5, 0.6) is 0 Å². The van der Waals surface area contributed by atoms with Crippen LogP contribution in [0.4, 0.5) is 4.39 Å². The van der Waals surface area contributed by atoms with Crippen molar-refractivity contribution < 1.29 is 4.39 Å². The Morgan fingerprint density at radius 1 is 1.14 bits per heavy atom. The lowest BCUT2D eigenvalue weighted by Gasteiger charge is -1.96. The summed E-state index contributed by atoms with van der Waals surface area (Å²) in [5.41, 5.74) is 1.49. The third kappa shape index (κ3) is 0.970. The number of halogens is 1. The van der Waals surface area contributed by atoms with Gasteiger partial charge >= 0.3 is 0 Å². The molecule has 0 fully saturated rings. The SMILES string of the molecule is Fc1ccc2nc3[nH]ncc3cc2c1. The van der Waals surface area contributed by atoms with Crippen molar-refractivity contribution in [2.75, 3.05) is 0 Å². The van der Waals surface area contributed by atoms with Crippen molar-refractivity contribution in [1.82, 2.24) is 15.2 Å². The van der Waals surface area contributed by atoms with Gasteiger partial charge in [-0.3, -0.25) is 5.10 Å². The van der Waals surface area contributed by atoms with E-state index in [0.29, 0.717) is 0 Å². The maximum Gasteiger partial charge on any atom is 0.155 e. The van der Waals surface area contributed by atoms with Crippen LogP contribution >= 0.6 is 0 Å². The van der Waals surface area contributed by atoms with Crippen molar-refractivity contribution in [3.8, 4) is 0 Å². The molecule has 1 N–H and O–H groups in total. The average molecular weight is 187 g/mol. The maximum atomic E-state index is 12.9.